The lowest BCUT2D eigenvalue weighted by molar-refractivity contribution is -0.951. The van der Waals surface area contributed by atoms with E-state index in [0.29, 0.717) is 29.3 Å². The molecular weight excluding hydrogens is 611 g/mol. The molecule has 0 N–H and O–H groups in total. The first-order valence-electron chi connectivity index (χ1n) is 19.1. The number of nitrogens with zero attached hydrogens (tertiary/aromatic N) is 3. The summed E-state index contributed by atoms with van der Waals surface area (Å²) in [5, 5.41) is 0. The van der Waals surface area contributed by atoms with E-state index in [1.54, 1.807) is 14.2 Å². The molecule has 2 unspecified atom stereocenters. The van der Waals surface area contributed by atoms with Crippen molar-refractivity contribution in [1.29, 1.82) is 0 Å². The van der Waals surface area contributed by atoms with Crippen molar-refractivity contribution in [3.63, 3.8) is 0 Å². The van der Waals surface area contributed by atoms with E-state index >= 15 is 0 Å². The molecule has 2 aliphatic rings. The van der Waals surface area contributed by atoms with E-state index in [2.05, 4.69) is 40.5 Å². The minimum absolute atomic E-state index is 0.0357. The van der Waals surface area contributed by atoms with Gasteiger partial charge in [-0.3, -0.25) is 9.28 Å². The van der Waals surface area contributed by atoms with E-state index in [1.165, 1.54) is 107 Å². The highest BCUT2D eigenvalue weighted by atomic mass is 32.1. The lowest BCUT2D eigenvalue weighted by Gasteiger charge is -2.46. The molecule has 1 aromatic heterocycles. The van der Waals surface area contributed by atoms with E-state index in [9.17, 15) is 4.79 Å². The Hall–Kier alpha value is -1.55. The molecule has 1 aromatic rings. The van der Waals surface area contributed by atoms with Gasteiger partial charge in [0, 0.05) is 45.8 Å². The molecule has 0 bridgehead atoms. The number of likely N-dealkylation sites (N-methyl/N-ethyl adjacent to an activating group) is 1. The molecule has 0 amide bonds. The van der Waals surface area contributed by atoms with Crippen LogP contribution in [0.5, 0.6) is 5.88 Å². The summed E-state index contributed by atoms with van der Waals surface area (Å²) in [4.78, 5) is 13.2. The largest absolute Gasteiger partial charge is 0.475 e. The molecule has 1 fully saturated rings. The van der Waals surface area contributed by atoms with Crippen molar-refractivity contribution in [2.45, 2.75) is 155 Å². The Labute approximate surface area is 292 Å². The van der Waals surface area contributed by atoms with Crippen molar-refractivity contribution in [3.05, 3.63) is 11.8 Å². The van der Waals surface area contributed by atoms with Gasteiger partial charge in [0.2, 0.25) is 6.23 Å². The van der Waals surface area contributed by atoms with Gasteiger partial charge in [-0.15, -0.1) is 4.37 Å². The number of carbonyl (C=O) groups excluding carboxylic acids is 1. The maximum atomic E-state index is 13.2. The number of methoxy groups -OCH3 is 1. The van der Waals surface area contributed by atoms with Crippen molar-refractivity contribution >= 4 is 23.3 Å². The van der Waals surface area contributed by atoms with Crippen LogP contribution in [0.15, 0.2) is 6.08 Å². The van der Waals surface area contributed by atoms with Gasteiger partial charge in [-0.25, -0.2) is 0 Å². The average molecular weight is 681 g/mol. The fourth-order valence-electron chi connectivity index (χ4n) is 6.84. The molecule has 9 heteroatoms. The van der Waals surface area contributed by atoms with Crippen LogP contribution in [0.1, 0.15) is 154 Å². The summed E-state index contributed by atoms with van der Waals surface area (Å²) in [6, 6.07) is 0. The van der Waals surface area contributed by atoms with Gasteiger partial charge in [0.05, 0.1) is 37.8 Å². The Bertz CT molecular complexity index is 952. The van der Waals surface area contributed by atoms with Gasteiger partial charge in [0.1, 0.15) is 12.2 Å². The standard InChI is InChI=1S/C36H64N3O4S.C2H6O/c1-4-6-8-10-11-12-13-14-15-16-17-18-19-23-33(40)43-36(31-24-28-41-29-25-31)39(3)26-21-22-32(30-39)34-35(38-44-37-34)42-27-20-9-7-5-2;1-3-2/h22,31,36H,4-21,23-30H2,1-3H3;1-2H3/q+1;. The summed E-state index contributed by atoms with van der Waals surface area (Å²) in [5.74, 6) is 0.936. The molecular formula is C38H70N3O5S+. The molecule has 3 heterocycles. The molecule has 3 rings (SSSR count). The lowest BCUT2D eigenvalue weighted by atomic mass is 9.93. The third-order valence-corrected chi connectivity index (χ3v) is 10.1. The molecule has 272 valence electrons. The number of hydrogen-bond acceptors (Lipinski definition) is 8. The van der Waals surface area contributed by atoms with E-state index in [-0.39, 0.29) is 12.2 Å². The zero-order valence-electron chi connectivity index (χ0n) is 30.9. The fourth-order valence-corrected chi connectivity index (χ4v) is 7.37. The molecule has 8 nitrogen and oxygen atoms in total. The number of ether oxygens (including phenoxy) is 4. The number of carbonyl (C=O) groups is 1. The van der Waals surface area contributed by atoms with E-state index in [1.807, 2.05) is 0 Å². The maximum absolute atomic E-state index is 13.2. The van der Waals surface area contributed by atoms with Gasteiger partial charge in [-0.2, -0.15) is 4.37 Å². The minimum atomic E-state index is -0.165. The van der Waals surface area contributed by atoms with Gasteiger partial charge in [-0.1, -0.05) is 116 Å². The van der Waals surface area contributed by atoms with Crippen molar-refractivity contribution in [2.75, 3.05) is 54.2 Å². The van der Waals surface area contributed by atoms with Gasteiger partial charge in [0.25, 0.3) is 5.88 Å². The van der Waals surface area contributed by atoms with Crippen LogP contribution >= 0.6 is 11.7 Å². The van der Waals surface area contributed by atoms with E-state index in [4.69, 9.17) is 14.2 Å². The summed E-state index contributed by atoms with van der Waals surface area (Å²) in [5.41, 5.74) is 2.04. The average Bonchev–Trinajstić information content (AvgIpc) is 3.55. The first-order chi connectivity index (χ1) is 23.0. The first kappa shape index (κ1) is 41.6. The third kappa shape index (κ3) is 17.1. The Balaban J connectivity index is 0.00000246. The quantitative estimate of drug-likeness (QED) is 0.0611. The summed E-state index contributed by atoms with van der Waals surface area (Å²) >= 11 is 1.22. The Morgan fingerprint density at radius 1 is 0.872 bits per heavy atom. The lowest BCUT2D eigenvalue weighted by Crippen LogP contribution is -2.60. The molecule has 1 saturated heterocycles. The van der Waals surface area contributed by atoms with Crippen LogP contribution in [0.2, 0.25) is 0 Å². The second-order valence-electron chi connectivity index (χ2n) is 13.9. The minimum Gasteiger partial charge on any atom is -0.475 e. The summed E-state index contributed by atoms with van der Waals surface area (Å²) in [6.45, 7) is 8.38. The molecule has 0 aliphatic carbocycles. The Kier molecular flexibility index (Phi) is 23.3. The predicted molar refractivity (Wildman–Crippen MR) is 195 cm³/mol. The van der Waals surface area contributed by atoms with Crippen LogP contribution < -0.4 is 4.74 Å². The van der Waals surface area contributed by atoms with E-state index in [0.717, 1.165) is 70.5 Å². The van der Waals surface area contributed by atoms with Crippen molar-refractivity contribution in [2.24, 2.45) is 5.92 Å². The van der Waals surface area contributed by atoms with Crippen LogP contribution in [0.4, 0.5) is 0 Å². The molecule has 0 spiro atoms. The normalized spacial score (nSPS) is 19.0. The van der Waals surface area contributed by atoms with Crippen LogP contribution in [0.25, 0.3) is 5.57 Å². The molecule has 2 aliphatic heterocycles. The summed E-state index contributed by atoms with van der Waals surface area (Å²) in [7, 11) is 5.51. The fraction of sp³-hybridized carbons (Fsp3) is 0.868. The molecule has 47 heavy (non-hydrogen) atoms. The van der Waals surface area contributed by atoms with Crippen molar-refractivity contribution < 1.29 is 28.2 Å². The van der Waals surface area contributed by atoms with Gasteiger partial charge >= 0.3 is 5.97 Å². The highest BCUT2D eigenvalue weighted by molar-refractivity contribution is 6.99. The Morgan fingerprint density at radius 2 is 1.43 bits per heavy atom. The second kappa shape index (κ2) is 26.3. The number of unbranched alkanes of at least 4 members (excludes halogenated alkanes) is 15. The molecule has 0 saturated carbocycles. The zero-order valence-corrected chi connectivity index (χ0v) is 31.7. The highest BCUT2D eigenvalue weighted by Gasteiger charge is 2.44. The van der Waals surface area contributed by atoms with E-state index < -0.39 is 0 Å². The number of quaternary nitrogens is 1. The van der Waals surface area contributed by atoms with Gasteiger partial charge in [-0.05, 0) is 25.7 Å². The topological polar surface area (TPSA) is 79.8 Å². The summed E-state index contributed by atoms with van der Waals surface area (Å²) in [6.07, 6.45) is 27.1. The number of aromatic nitrogens is 2. The third-order valence-electron chi connectivity index (χ3n) is 9.58. The van der Waals surface area contributed by atoms with Gasteiger partial charge in [0.15, 0.2) is 0 Å². The van der Waals surface area contributed by atoms with Crippen molar-refractivity contribution in [3.8, 4) is 5.88 Å². The highest BCUT2D eigenvalue weighted by Crippen LogP contribution is 2.36. The predicted octanol–water partition coefficient (Wildman–Crippen LogP) is 9.77. The number of hydrogen-bond donors (Lipinski definition) is 0. The van der Waals surface area contributed by atoms with Crippen LogP contribution in [-0.4, -0.2) is 79.6 Å². The van der Waals surface area contributed by atoms with Crippen LogP contribution in [-0.2, 0) is 19.0 Å². The zero-order chi connectivity index (χ0) is 34.0. The second-order valence-corrected chi connectivity index (χ2v) is 14.5. The van der Waals surface area contributed by atoms with Crippen LogP contribution in [0.3, 0.4) is 0 Å². The molecule has 0 aromatic carbocycles. The smallest absolute Gasteiger partial charge is 0.310 e. The monoisotopic (exact) mass is 681 g/mol. The SMILES string of the molecule is CCCCCCCCCCCCCCCC(=O)OC(C1CCOCC1)[N+]1(C)CCC=C(c2nsnc2OCCCCCC)C1.COC. The van der Waals surface area contributed by atoms with Crippen molar-refractivity contribution in [1.82, 2.24) is 8.75 Å². The summed E-state index contributed by atoms with van der Waals surface area (Å²) < 4.78 is 32.3. The maximum Gasteiger partial charge on any atom is 0.310 e. The molecule has 2 atom stereocenters. The number of rotatable bonds is 24. The van der Waals surface area contributed by atoms with Crippen LogP contribution in [0, 0.1) is 5.92 Å². The Morgan fingerprint density at radius 3 is 2.02 bits per heavy atom. The molecule has 0 radical (unpaired) electrons. The number of esters is 1. The van der Waals surface area contributed by atoms with Gasteiger partial charge < -0.3 is 18.9 Å². The first-order valence-corrected chi connectivity index (χ1v) is 19.9.